The van der Waals surface area contributed by atoms with Gasteiger partial charge in [0.05, 0.1) is 11.0 Å². The van der Waals surface area contributed by atoms with Crippen LogP contribution in [0.3, 0.4) is 0 Å². The first-order chi connectivity index (χ1) is 6.93. The molecule has 0 fully saturated rings. The molecule has 1 rings (SSSR count). The van der Waals surface area contributed by atoms with Gasteiger partial charge in [0.2, 0.25) is 0 Å². The zero-order valence-electron chi connectivity index (χ0n) is 8.61. The normalized spacial score (nSPS) is 14.7. The van der Waals surface area contributed by atoms with Crippen molar-refractivity contribution < 1.29 is 9.31 Å². The van der Waals surface area contributed by atoms with Crippen LogP contribution < -0.4 is 5.73 Å². The average molecular weight is 212 g/mol. The van der Waals surface area contributed by atoms with Gasteiger partial charge in [-0.15, -0.1) is 0 Å². The minimum absolute atomic E-state index is 0.175. The summed E-state index contributed by atoms with van der Waals surface area (Å²) in [4.78, 5) is 10.1. The van der Waals surface area contributed by atoms with Crippen LogP contribution in [0.25, 0.3) is 0 Å². The number of hydrogen-bond donors (Lipinski definition) is 1. The van der Waals surface area contributed by atoms with Crippen LogP contribution >= 0.6 is 0 Å². The largest absolute Gasteiger partial charge is 0.327 e. The Labute approximate surface area is 87.0 Å². The van der Waals surface area contributed by atoms with E-state index in [0.29, 0.717) is 5.56 Å². The van der Waals surface area contributed by atoms with Crippen molar-refractivity contribution in [2.24, 2.45) is 5.73 Å². The first kappa shape index (κ1) is 11.6. The van der Waals surface area contributed by atoms with Crippen LogP contribution in [0.4, 0.5) is 10.1 Å². The Balaban J connectivity index is 3.22. The number of nitrogens with zero attached hydrogens (tertiary/aromatic N) is 1. The minimum atomic E-state index is -0.609. The van der Waals surface area contributed by atoms with Gasteiger partial charge < -0.3 is 5.73 Å². The van der Waals surface area contributed by atoms with Gasteiger partial charge in [-0.1, -0.05) is 6.92 Å². The molecule has 0 spiro atoms. The molecule has 2 unspecified atom stereocenters. The lowest BCUT2D eigenvalue weighted by atomic mass is 9.93. The molecule has 0 radical (unpaired) electrons. The van der Waals surface area contributed by atoms with E-state index in [0.717, 1.165) is 6.07 Å². The number of hydrogen-bond acceptors (Lipinski definition) is 3. The monoisotopic (exact) mass is 212 g/mol. The SMILES string of the molecule is CC(N)C(C)c1ccc(F)cc1[N+](=O)[O-]. The summed E-state index contributed by atoms with van der Waals surface area (Å²) in [5, 5.41) is 10.7. The Morgan fingerprint density at radius 1 is 1.47 bits per heavy atom. The Morgan fingerprint density at radius 2 is 2.07 bits per heavy atom. The molecule has 0 amide bonds. The molecule has 2 N–H and O–H groups in total. The van der Waals surface area contributed by atoms with Gasteiger partial charge in [0, 0.05) is 17.5 Å². The van der Waals surface area contributed by atoms with Crippen LogP contribution in [-0.2, 0) is 0 Å². The fourth-order valence-corrected chi connectivity index (χ4v) is 1.34. The number of nitro benzene ring substituents is 1. The molecule has 5 heteroatoms. The first-order valence-corrected chi connectivity index (χ1v) is 4.63. The Bertz CT molecular complexity index is 380. The van der Waals surface area contributed by atoms with Gasteiger partial charge >= 0.3 is 0 Å². The van der Waals surface area contributed by atoms with Crippen molar-refractivity contribution >= 4 is 5.69 Å². The van der Waals surface area contributed by atoms with Crippen molar-refractivity contribution in [3.8, 4) is 0 Å². The molecule has 4 nitrogen and oxygen atoms in total. The summed E-state index contributed by atoms with van der Waals surface area (Å²) in [7, 11) is 0. The molecule has 1 aromatic carbocycles. The predicted molar refractivity (Wildman–Crippen MR) is 55.1 cm³/mol. The van der Waals surface area contributed by atoms with E-state index in [2.05, 4.69) is 0 Å². The van der Waals surface area contributed by atoms with Gasteiger partial charge in [-0.3, -0.25) is 10.1 Å². The maximum absolute atomic E-state index is 12.8. The summed E-state index contributed by atoms with van der Waals surface area (Å²) in [6.07, 6.45) is 0. The quantitative estimate of drug-likeness (QED) is 0.616. The lowest BCUT2D eigenvalue weighted by molar-refractivity contribution is -0.385. The fraction of sp³-hybridized carbons (Fsp3) is 0.400. The highest BCUT2D eigenvalue weighted by Crippen LogP contribution is 2.28. The van der Waals surface area contributed by atoms with Crippen LogP contribution in [0.1, 0.15) is 25.3 Å². The van der Waals surface area contributed by atoms with Gasteiger partial charge in [-0.25, -0.2) is 4.39 Å². The highest BCUT2D eigenvalue weighted by molar-refractivity contribution is 5.43. The minimum Gasteiger partial charge on any atom is -0.327 e. The van der Waals surface area contributed by atoms with E-state index >= 15 is 0 Å². The molecule has 15 heavy (non-hydrogen) atoms. The zero-order chi connectivity index (χ0) is 11.6. The van der Waals surface area contributed by atoms with Crippen molar-refractivity contribution in [1.29, 1.82) is 0 Å². The second kappa shape index (κ2) is 4.35. The number of benzene rings is 1. The van der Waals surface area contributed by atoms with E-state index in [-0.39, 0.29) is 17.6 Å². The third kappa shape index (κ3) is 2.50. The van der Waals surface area contributed by atoms with Gasteiger partial charge in [0.15, 0.2) is 0 Å². The first-order valence-electron chi connectivity index (χ1n) is 4.63. The molecule has 0 aromatic heterocycles. The van der Waals surface area contributed by atoms with E-state index in [1.54, 1.807) is 13.8 Å². The van der Waals surface area contributed by atoms with E-state index in [9.17, 15) is 14.5 Å². The number of nitro groups is 1. The fourth-order valence-electron chi connectivity index (χ4n) is 1.34. The van der Waals surface area contributed by atoms with Gasteiger partial charge in [0.25, 0.3) is 5.69 Å². The topological polar surface area (TPSA) is 69.2 Å². The second-order valence-electron chi connectivity index (χ2n) is 3.61. The van der Waals surface area contributed by atoms with Crippen molar-refractivity contribution in [3.05, 3.63) is 39.7 Å². The standard InChI is InChI=1S/C10H13FN2O2/c1-6(7(2)12)9-4-3-8(11)5-10(9)13(14)15/h3-7H,12H2,1-2H3. The third-order valence-electron chi connectivity index (χ3n) is 2.47. The van der Waals surface area contributed by atoms with Crippen LogP contribution in [0, 0.1) is 15.9 Å². The highest BCUT2D eigenvalue weighted by Gasteiger charge is 2.21. The van der Waals surface area contributed by atoms with E-state index in [4.69, 9.17) is 5.73 Å². The van der Waals surface area contributed by atoms with Crippen LogP contribution in [0.5, 0.6) is 0 Å². The molecule has 0 bridgehead atoms. The van der Waals surface area contributed by atoms with Gasteiger partial charge in [-0.05, 0) is 19.1 Å². The maximum Gasteiger partial charge on any atom is 0.275 e. The van der Waals surface area contributed by atoms with Crippen LogP contribution in [0.2, 0.25) is 0 Å². The second-order valence-corrected chi connectivity index (χ2v) is 3.61. The van der Waals surface area contributed by atoms with Crippen molar-refractivity contribution in [3.63, 3.8) is 0 Å². The highest BCUT2D eigenvalue weighted by atomic mass is 19.1. The average Bonchev–Trinajstić information content (AvgIpc) is 2.16. The lowest BCUT2D eigenvalue weighted by Gasteiger charge is -2.15. The molecule has 0 saturated carbocycles. The predicted octanol–water partition coefficient (Wildman–Crippen LogP) is 2.18. The Kier molecular flexibility index (Phi) is 3.36. The zero-order valence-corrected chi connectivity index (χ0v) is 8.61. The smallest absolute Gasteiger partial charge is 0.275 e. The van der Waals surface area contributed by atoms with Crippen molar-refractivity contribution in [1.82, 2.24) is 0 Å². The van der Waals surface area contributed by atoms with Crippen LogP contribution in [-0.4, -0.2) is 11.0 Å². The lowest BCUT2D eigenvalue weighted by Crippen LogP contribution is -2.23. The molecule has 82 valence electrons. The number of rotatable bonds is 3. The third-order valence-corrected chi connectivity index (χ3v) is 2.47. The molecular weight excluding hydrogens is 199 g/mol. The summed E-state index contributed by atoms with van der Waals surface area (Å²) in [5.41, 5.74) is 5.92. The van der Waals surface area contributed by atoms with E-state index in [1.807, 2.05) is 0 Å². The Hall–Kier alpha value is -1.49. The molecule has 0 aliphatic carbocycles. The molecule has 0 aliphatic rings. The van der Waals surface area contributed by atoms with E-state index < -0.39 is 10.7 Å². The van der Waals surface area contributed by atoms with Gasteiger partial charge in [0.1, 0.15) is 5.82 Å². The molecule has 0 heterocycles. The molecule has 0 saturated heterocycles. The summed E-state index contributed by atoms with van der Waals surface area (Å²) < 4.78 is 12.8. The molecule has 1 aromatic rings. The Morgan fingerprint density at radius 3 is 2.53 bits per heavy atom. The maximum atomic E-state index is 12.8. The van der Waals surface area contributed by atoms with E-state index in [1.165, 1.54) is 12.1 Å². The van der Waals surface area contributed by atoms with Crippen molar-refractivity contribution in [2.45, 2.75) is 25.8 Å². The summed E-state index contributed by atoms with van der Waals surface area (Å²) in [6, 6.07) is 3.34. The molecule has 2 atom stereocenters. The molecular formula is C10H13FN2O2. The number of nitrogens with two attached hydrogens (primary N) is 1. The van der Waals surface area contributed by atoms with Crippen LogP contribution in [0.15, 0.2) is 18.2 Å². The molecule has 0 aliphatic heterocycles. The summed E-state index contributed by atoms with van der Waals surface area (Å²) >= 11 is 0. The number of halogens is 1. The van der Waals surface area contributed by atoms with Gasteiger partial charge in [-0.2, -0.15) is 0 Å². The van der Waals surface area contributed by atoms with Crippen molar-refractivity contribution in [2.75, 3.05) is 0 Å². The summed E-state index contributed by atoms with van der Waals surface area (Å²) in [6.45, 7) is 3.54. The summed E-state index contributed by atoms with van der Waals surface area (Å²) in [5.74, 6) is -0.784.